The van der Waals surface area contributed by atoms with Crippen LogP contribution in [0.15, 0.2) is 35.5 Å². The van der Waals surface area contributed by atoms with Gasteiger partial charge in [-0.2, -0.15) is 0 Å². The summed E-state index contributed by atoms with van der Waals surface area (Å²) in [5.74, 6) is -1.55. The van der Waals surface area contributed by atoms with Gasteiger partial charge in [-0.3, -0.25) is 0 Å². The number of esters is 1. The summed E-state index contributed by atoms with van der Waals surface area (Å²) in [6.45, 7) is 4.21. The number of oxime groups is 1. The van der Waals surface area contributed by atoms with Gasteiger partial charge >= 0.3 is 5.97 Å². The van der Waals surface area contributed by atoms with Crippen LogP contribution in [0.5, 0.6) is 11.5 Å². The fourth-order valence-electron chi connectivity index (χ4n) is 2.33. The minimum atomic E-state index is -0.738. The second kappa shape index (κ2) is 11.2. The minimum Gasteiger partial charge on any atom is -0.507 e. The Labute approximate surface area is 158 Å². The lowest BCUT2D eigenvalue weighted by atomic mass is 9.99. The Balaban J connectivity index is 0.00000163. The Kier molecular flexibility index (Phi) is 9.30. The average molecular weight is 382 g/mol. The first-order valence-electron chi connectivity index (χ1n) is 8.49. The first kappa shape index (κ1) is 21.6. The largest absolute Gasteiger partial charge is 0.507 e. The highest BCUT2D eigenvalue weighted by Crippen LogP contribution is 2.37. The zero-order valence-electron chi connectivity index (χ0n) is 14.9. The summed E-state index contributed by atoms with van der Waals surface area (Å²) < 4.78 is 5.17. The summed E-state index contributed by atoms with van der Waals surface area (Å²) in [4.78, 5) is 12.3. The molecule has 0 saturated carbocycles. The van der Waals surface area contributed by atoms with E-state index in [9.17, 15) is 15.0 Å². The number of carbonyl (C=O) groups excluding carboxylic acids is 1. The van der Waals surface area contributed by atoms with E-state index in [0.717, 1.165) is 18.9 Å². The fourth-order valence-corrected chi connectivity index (χ4v) is 2.55. The Morgan fingerprint density at radius 1 is 1.15 bits per heavy atom. The van der Waals surface area contributed by atoms with Gasteiger partial charge in [-0.1, -0.05) is 48.8 Å². The number of nitrogens with zero attached hydrogens (tertiary/aromatic N) is 1. The number of hydrogen-bond acceptors (Lipinski definition) is 6. The van der Waals surface area contributed by atoms with Crippen molar-refractivity contribution in [3.8, 4) is 11.5 Å². The zero-order valence-corrected chi connectivity index (χ0v) is 15.7. The van der Waals surface area contributed by atoms with E-state index in [2.05, 4.69) is 5.16 Å². The monoisotopic (exact) mass is 381 g/mol. The number of cyclic esters (lactones) is 1. The number of fused-ring (bicyclic) bond motifs is 1. The van der Waals surface area contributed by atoms with Crippen molar-refractivity contribution in [2.45, 2.75) is 39.5 Å². The van der Waals surface area contributed by atoms with Gasteiger partial charge in [0, 0.05) is 12.5 Å². The summed E-state index contributed by atoms with van der Waals surface area (Å²) in [6, 6.07) is 0.986. The third-order valence-corrected chi connectivity index (χ3v) is 3.97. The van der Waals surface area contributed by atoms with Crippen LogP contribution in [0.2, 0.25) is 5.02 Å². The van der Waals surface area contributed by atoms with Crippen molar-refractivity contribution in [3.63, 3.8) is 0 Å². The van der Waals surface area contributed by atoms with Crippen molar-refractivity contribution >= 4 is 23.3 Å². The fraction of sp³-hybridized carbons (Fsp3) is 0.368. The van der Waals surface area contributed by atoms with Crippen LogP contribution >= 0.6 is 11.6 Å². The van der Waals surface area contributed by atoms with E-state index in [1.54, 1.807) is 12.2 Å². The molecule has 0 unspecified atom stereocenters. The molecule has 0 aliphatic carbocycles. The van der Waals surface area contributed by atoms with Crippen molar-refractivity contribution in [2.75, 3.05) is 6.61 Å². The van der Waals surface area contributed by atoms with E-state index >= 15 is 0 Å². The lowest BCUT2D eigenvalue weighted by molar-refractivity contribution is 0.0494. The highest BCUT2D eigenvalue weighted by Gasteiger charge is 2.24. The number of rotatable bonds is 0. The standard InChI is InChI=1S/C17H18ClNO5.C2H6/c18-16-12-9-11(19-23)7-5-3-1-2-4-6-8-24-17(22)15(12)13(20)10-14(16)21;1-2/h1,3,5,7,10,20-21,23H,2,4,6,8-9H2;1-2H3/b3-1-,7-5+,19-11+;. The molecule has 1 aliphatic heterocycles. The molecule has 0 spiro atoms. The molecule has 1 aromatic rings. The van der Waals surface area contributed by atoms with Crippen LogP contribution in [0.1, 0.15) is 49.0 Å². The van der Waals surface area contributed by atoms with E-state index in [-0.39, 0.29) is 40.6 Å². The predicted octanol–water partition coefficient (Wildman–Crippen LogP) is 4.60. The van der Waals surface area contributed by atoms with Gasteiger partial charge in [0.15, 0.2) is 0 Å². The third-order valence-electron chi connectivity index (χ3n) is 3.55. The highest BCUT2D eigenvalue weighted by atomic mass is 35.5. The second-order valence-corrected chi connectivity index (χ2v) is 5.65. The number of hydrogen-bond donors (Lipinski definition) is 3. The van der Waals surface area contributed by atoms with E-state index in [4.69, 9.17) is 21.5 Å². The summed E-state index contributed by atoms with van der Waals surface area (Å²) in [5.41, 5.74) is 0.204. The normalized spacial score (nSPS) is 19.3. The van der Waals surface area contributed by atoms with Gasteiger partial charge in [-0.15, -0.1) is 0 Å². The van der Waals surface area contributed by atoms with Gasteiger partial charge in [0.05, 0.1) is 17.3 Å². The summed E-state index contributed by atoms with van der Waals surface area (Å²) in [5, 5.41) is 32.1. The zero-order chi connectivity index (χ0) is 19.5. The maximum absolute atomic E-state index is 12.3. The maximum Gasteiger partial charge on any atom is 0.342 e. The molecule has 6 nitrogen and oxygen atoms in total. The molecule has 2 rings (SSSR count). The smallest absolute Gasteiger partial charge is 0.342 e. The SMILES string of the molecule is CC.O=C1OCCCC\C=C/C=C/C(=N\O)Cc2c(Cl)c(O)cc(O)c21. The third kappa shape index (κ3) is 5.81. The molecule has 0 radical (unpaired) electrons. The molecule has 0 aromatic heterocycles. The van der Waals surface area contributed by atoms with Gasteiger partial charge in [-0.25, -0.2) is 4.79 Å². The van der Waals surface area contributed by atoms with Gasteiger partial charge in [0.1, 0.15) is 17.1 Å². The first-order valence-corrected chi connectivity index (χ1v) is 8.87. The van der Waals surface area contributed by atoms with Crippen LogP contribution in [0.4, 0.5) is 0 Å². The second-order valence-electron chi connectivity index (χ2n) is 5.27. The molecule has 0 atom stereocenters. The highest BCUT2D eigenvalue weighted by molar-refractivity contribution is 6.33. The minimum absolute atomic E-state index is 0.0634. The molecule has 0 fully saturated rings. The van der Waals surface area contributed by atoms with E-state index in [1.807, 2.05) is 26.0 Å². The van der Waals surface area contributed by atoms with Crippen molar-refractivity contribution in [3.05, 3.63) is 46.5 Å². The number of allylic oxidation sites excluding steroid dienone is 4. The van der Waals surface area contributed by atoms with Crippen molar-refractivity contribution in [1.82, 2.24) is 0 Å². The van der Waals surface area contributed by atoms with Gasteiger partial charge in [0.25, 0.3) is 0 Å². The topological polar surface area (TPSA) is 99.4 Å². The lowest BCUT2D eigenvalue weighted by Gasteiger charge is -2.14. The molecule has 1 heterocycles. The number of halogens is 1. The van der Waals surface area contributed by atoms with Crippen molar-refractivity contribution in [1.29, 1.82) is 0 Å². The van der Waals surface area contributed by atoms with Gasteiger partial charge < -0.3 is 20.2 Å². The quantitative estimate of drug-likeness (QED) is 0.346. The molecule has 142 valence electrons. The van der Waals surface area contributed by atoms with E-state index in [0.29, 0.717) is 6.42 Å². The Bertz CT molecular complexity index is 710. The molecule has 0 bridgehead atoms. The van der Waals surface area contributed by atoms with Crippen molar-refractivity contribution in [2.24, 2.45) is 5.16 Å². The summed E-state index contributed by atoms with van der Waals surface area (Å²) >= 11 is 6.08. The number of phenols is 2. The molecule has 26 heavy (non-hydrogen) atoms. The van der Waals surface area contributed by atoms with Crippen LogP contribution in [-0.4, -0.2) is 33.7 Å². The van der Waals surface area contributed by atoms with Crippen LogP contribution in [-0.2, 0) is 11.2 Å². The number of phenolic OH excluding ortho intramolecular Hbond substituents is 2. The molecule has 1 aromatic carbocycles. The van der Waals surface area contributed by atoms with E-state index in [1.165, 1.54) is 0 Å². The van der Waals surface area contributed by atoms with Gasteiger partial charge in [0.2, 0.25) is 0 Å². The first-order chi connectivity index (χ1) is 12.5. The predicted molar refractivity (Wildman–Crippen MR) is 101 cm³/mol. The molecular weight excluding hydrogens is 358 g/mol. The van der Waals surface area contributed by atoms with E-state index < -0.39 is 11.7 Å². The Morgan fingerprint density at radius 3 is 2.58 bits per heavy atom. The van der Waals surface area contributed by atoms with Crippen LogP contribution < -0.4 is 0 Å². The van der Waals surface area contributed by atoms with Gasteiger partial charge in [-0.05, 0) is 30.9 Å². The number of carbonyl (C=O) groups is 1. The molecule has 0 amide bonds. The Hall–Kier alpha value is -2.47. The van der Waals surface area contributed by atoms with Crippen LogP contribution in [0, 0.1) is 0 Å². The number of aromatic hydroxyl groups is 2. The van der Waals surface area contributed by atoms with Crippen LogP contribution in [0.3, 0.4) is 0 Å². The number of ether oxygens (including phenoxy) is 1. The summed E-state index contributed by atoms with van der Waals surface area (Å²) in [7, 11) is 0. The maximum atomic E-state index is 12.3. The lowest BCUT2D eigenvalue weighted by Crippen LogP contribution is -2.13. The van der Waals surface area contributed by atoms with Crippen LogP contribution in [0.25, 0.3) is 0 Å². The molecule has 1 aliphatic rings. The number of benzene rings is 1. The average Bonchev–Trinajstić information content (AvgIpc) is 2.64. The molecule has 3 N–H and O–H groups in total. The molecular formula is C19H24ClNO5. The molecule has 0 saturated heterocycles. The Morgan fingerprint density at radius 2 is 1.88 bits per heavy atom. The molecule has 7 heteroatoms. The van der Waals surface area contributed by atoms with Crippen molar-refractivity contribution < 1.29 is 25.0 Å². The summed E-state index contributed by atoms with van der Waals surface area (Å²) in [6.07, 6.45) is 9.33.